The molecule has 0 aromatic heterocycles. The SMILES string of the molecule is CC(C)[C@@H](NC(N)=O)C(=O)NCc1ccc(Cl)cc1Cl. The van der Waals surface area contributed by atoms with Crippen LogP contribution in [-0.4, -0.2) is 18.0 Å². The van der Waals surface area contributed by atoms with Crippen LogP contribution in [0.5, 0.6) is 0 Å². The molecule has 0 radical (unpaired) electrons. The lowest BCUT2D eigenvalue weighted by atomic mass is 10.0. The highest BCUT2D eigenvalue weighted by atomic mass is 35.5. The van der Waals surface area contributed by atoms with Gasteiger partial charge in [0, 0.05) is 16.6 Å². The minimum atomic E-state index is -0.733. The van der Waals surface area contributed by atoms with Gasteiger partial charge in [-0.25, -0.2) is 4.79 Å². The molecule has 1 atom stereocenters. The lowest BCUT2D eigenvalue weighted by Gasteiger charge is -2.20. The first-order chi connectivity index (χ1) is 9.31. The molecular weight excluding hydrogens is 301 g/mol. The van der Waals surface area contributed by atoms with Crippen LogP contribution in [0.4, 0.5) is 4.79 Å². The zero-order valence-electron chi connectivity index (χ0n) is 11.2. The summed E-state index contributed by atoms with van der Waals surface area (Å²) in [5, 5.41) is 6.12. The molecule has 0 aliphatic rings. The van der Waals surface area contributed by atoms with Crippen molar-refractivity contribution in [2.75, 3.05) is 0 Å². The molecule has 1 aromatic rings. The molecule has 1 aromatic carbocycles. The third-order valence-electron chi connectivity index (χ3n) is 2.72. The second-order valence-corrected chi connectivity index (χ2v) is 5.53. The molecule has 0 aliphatic heterocycles. The number of nitrogens with one attached hydrogen (secondary N) is 2. The van der Waals surface area contributed by atoms with E-state index in [1.807, 2.05) is 13.8 Å². The molecule has 0 heterocycles. The number of carbonyl (C=O) groups excluding carboxylic acids is 2. The highest BCUT2D eigenvalue weighted by Crippen LogP contribution is 2.20. The first kappa shape index (κ1) is 16.6. The van der Waals surface area contributed by atoms with Crippen LogP contribution in [0.3, 0.4) is 0 Å². The Hall–Kier alpha value is -1.46. The number of carbonyl (C=O) groups is 2. The Balaban J connectivity index is 2.67. The number of nitrogens with two attached hydrogens (primary N) is 1. The molecule has 1 rings (SSSR count). The predicted molar refractivity (Wildman–Crippen MR) is 79.7 cm³/mol. The smallest absolute Gasteiger partial charge is 0.312 e. The molecule has 0 saturated carbocycles. The molecule has 7 heteroatoms. The molecule has 20 heavy (non-hydrogen) atoms. The fourth-order valence-electron chi connectivity index (χ4n) is 1.65. The zero-order chi connectivity index (χ0) is 15.3. The maximum absolute atomic E-state index is 12.0. The van der Waals surface area contributed by atoms with Gasteiger partial charge in [-0.15, -0.1) is 0 Å². The van der Waals surface area contributed by atoms with Crippen molar-refractivity contribution in [2.45, 2.75) is 26.4 Å². The Morgan fingerprint density at radius 2 is 1.95 bits per heavy atom. The summed E-state index contributed by atoms with van der Waals surface area (Å²) < 4.78 is 0. The Kier molecular flexibility index (Phi) is 6.10. The number of primary amides is 1. The van der Waals surface area contributed by atoms with E-state index in [4.69, 9.17) is 28.9 Å². The minimum Gasteiger partial charge on any atom is -0.352 e. The van der Waals surface area contributed by atoms with E-state index < -0.39 is 12.1 Å². The first-order valence-electron chi connectivity index (χ1n) is 6.09. The predicted octanol–water partition coefficient (Wildman–Crippen LogP) is 2.30. The van der Waals surface area contributed by atoms with Gasteiger partial charge in [-0.1, -0.05) is 43.1 Å². The molecular formula is C13H17Cl2N3O2. The summed E-state index contributed by atoms with van der Waals surface area (Å²) in [5.41, 5.74) is 5.79. The third-order valence-corrected chi connectivity index (χ3v) is 3.30. The van der Waals surface area contributed by atoms with Crippen molar-refractivity contribution < 1.29 is 9.59 Å². The highest BCUT2D eigenvalue weighted by molar-refractivity contribution is 6.35. The number of hydrogen-bond donors (Lipinski definition) is 3. The van der Waals surface area contributed by atoms with Crippen LogP contribution >= 0.6 is 23.2 Å². The van der Waals surface area contributed by atoms with E-state index in [1.165, 1.54) is 0 Å². The molecule has 0 aliphatic carbocycles. The Labute approximate surface area is 127 Å². The van der Waals surface area contributed by atoms with Gasteiger partial charge in [0.1, 0.15) is 6.04 Å². The molecule has 0 fully saturated rings. The zero-order valence-corrected chi connectivity index (χ0v) is 12.8. The molecule has 0 spiro atoms. The Morgan fingerprint density at radius 1 is 1.30 bits per heavy atom. The van der Waals surface area contributed by atoms with Crippen LogP contribution in [-0.2, 0) is 11.3 Å². The van der Waals surface area contributed by atoms with Gasteiger partial charge in [0.25, 0.3) is 0 Å². The van der Waals surface area contributed by atoms with Crippen LogP contribution in [0.25, 0.3) is 0 Å². The van der Waals surface area contributed by atoms with Gasteiger partial charge in [0.05, 0.1) is 0 Å². The summed E-state index contributed by atoms with van der Waals surface area (Å²) in [6.07, 6.45) is 0. The van der Waals surface area contributed by atoms with E-state index in [-0.39, 0.29) is 18.4 Å². The van der Waals surface area contributed by atoms with Crippen molar-refractivity contribution in [1.29, 1.82) is 0 Å². The largest absolute Gasteiger partial charge is 0.352 e. The quantitative estimate of drug-likeness (QED) is 0.778. The number of rotatable bonds is 5. The minimum absolute atomic E-state index is 0.0804. The lowest BCUT2D eigenvalue weighted by molar-refractivity contribution is -0.124. The van der Waals surface area contributed by atoms with Crippen LogP contribution in [0.1, 0.15) is 19.4 Å². The van der Waals surface area contributed by atoms with Crippen LogP contribution in [0.2, 0.25) is 10.0 Å². The standard InChI is InChI=1S/C13H17Cl2N3O2/c1-7(2)11(18-13(16)20)12(19)17-6-8-3-4-9(14)5-10(8)15/h3-5,7,11H,6H2,1-2H3,(H,17,19)(H3,16,18,20)/t11-/m1/s1. The fourth-order valence-corrected chi connectivity index (χ4v) is 2.12. The normalized spacial score (nSPS) is 12.1. The molecule has 0 saturated heterocycles. The van der Waals surface area contributed by atoms with Gasteiger partial charge in [0.2, 0.25) is 5.91 Å². The number of amides is 3. The number of benzene rings is 1. The average molecular weight is 318 g/mol. The van der Waals surface area contributed by atoms with E-state index in [2.05, 4.69) is 10.6 Å². The summed E-state index contributed by atoms with van der Waals surface area (Å²) in [4.78, 5) is 22.9. The van der Waals surface area contributed by atoms with Crippen molar-refractivity contribution in [3.8, 4) is 0 Å². The van der Waals surface area contributed by atoms with E-state index in [1.54, 1.807) is 18.2 Å². The van der Waals surface area contributed by atoms with E-state index in [9.17, 15) is 9.59 Å². The summed E-state index contributed by atoms with van der Waals surface area (Å²) in [6.45, 7) is 3.88. The monoisotopic (exact) mass is 317 g/mol. The number of hydrogen-bond acceptors (Lipinski definition) is 2. The van der Waals surface area contributed by atoms with Crippen molar-refractivity contribution in [3.63, 3.8) is 0 Å². The van der Waals surface area contributed by atoms with E-state index in [0.717, 1.165) is 5.56 Å². The molecule has 0 unspecified atom stereocenters. The van der Waals surface area contributed by atoms with E-state index >= 15 is 0 Å². The van der Waals surface area contributed by atoms with Gasteiger partial charge in [0.15, 0.2) is 0 Å². The topological polar surface area (TPSA) is 84.2 Å². The van der Waals surface area contributed by atoms with Gasteiger partial charge in [-0.2, -0.15) is 0 Å². The molecule has 3 amide bonds. The van der Waals surface area contributed by atoms with Crippen molar-refractivity contribution in [2.24, 2.45) is 11.7 Å². The van der Waals surface area contributed by atoms with Crippen molar-refractivity contribution in [1.82, 2.24) is 10.6 Å². The summed E-state index contributed by atoms with van der Waals surface area (Å²) in [5.74, 6) is -0.395. The highest BCUT2D eigenvalue weighted by Gasteiger charge is 2.23. The lowest BCUT2D eigenvalue weighted by Crippen LogP contribution is -2.51. The van der Waals surface area contributed by atoms with E-state index in [0.29, 0.717) is 10.0 Å². The molecule has 110 valence electrons. The van der Waals surface area contributed by atoms with Gasteiger partial charge >= 0.3 is 6.03 Å². The molecule has 4 N–H and O–H groups in total. The molecule has 0 bridgehead atoms. The van der Waals surface area contributed by atoms with Crippen LogP contribution in [0, 0.1) is 5.92 Å². The van der Waals surface area contributed by atoms with Crippen molar-refractivity contribution in [3.05, 3.63) is 33.8 Å². The van der Waals surface area contributed by atoms with Crippen LogP contribution < -0.4 is 16.4 Å². The van der Waals surface area contributed by atoms with Crippen LogP contribution in [0.15, 0.2) is 18.2 Å². The van der Waals surface area contributed by atoms with Gasteiger partial charge in [-0.3, -0.25) is 4.79 Å². The second kappa shape index (κ2) is 7.36. The molecule has 5 nitrogen and oxygen atoms in total. The summed E-state index contributed by atoms with van der Waals surface area (Å²) in [7, 11) is 0. The van der Waals surface area contributed by atoms with Gasteiger partial charge in [-0.05, 0) is 23.6 Å². The average Bonchev–Trinajstić information content (AvgIpc) is 2.34. The Morgan fingerprint density at radius 3 is 2.45 bits per heavy atom. The maximum Gasteiger partial charge on any atom is 0.312 e. The summed E-state index contributed by atoms with van der Waals surface area (Å²) in [6, 6.07) is 3.61. The Bertz CT molecular complexity index is 506. The maximum atomic E-state index is 12.0. The number of urea groups is 1. The first-order valence-corrected chi connectivity index (χ1v) is 6.84. The number of halogens is 2. The third kappa shape index (κ3) is 4.90. The fraction of sp³-hybridized carbons (Fsp3) is 0.385. The second-order valence-electron chi connectivity index (χ2n) is 4.68. The summed E-state index contributed by atoms with van der Waals surface area (Å²) >= 11 is 11.8. The van der Waals surface area contributed by atoms with Gasteiger partial charge < -0.3 is 16.4 Å². The van der Waals surface area contributed by atoms with Crippen molar-refractivity contribution >= 4 is 35.1 Å².